The van der Waals surface area contributed by atoms with Crippen molar-refractivity contribution in [1.29, 1.82) is 0 Å². The summed E-state index contributed by atoms with van der Waals surface area (Å²) in [5.41, 5.74) is 7.56. The average molecular weight is 514 g/mol. The number of ether oxygens (including phenoxy) is 1. The van der Waals surface area contributed by atoms with E-state index in [1.807, 2.05) is 6.07 Å². The number of fused-ring (bicyclic) bond motifs is 3. The topological polar surface area (TPSA) is 40.3 Å². The molecule has 192 valence electrons. The third kappa shape index (κ3) is 5.23. The molecule has 3 aromatic carbocycles. The summed E-state index contributed by atoms with van der Waals surface area (Å²) in [6.07, 6.45) is 7.41. The second-order valence-corrected chi connectivity index (χ2v) is 11.0. The van der Waals surface area contributed by atoms with Crippen LogP contribution in [0.2, 0.25) is 5.02 Å². The fourth-order valence-electron chi connectivity index (χ4n) is 6.07. The molecule has 6 rings (SSSR count). The minimum absolute atomic E-state index is 0.0993. The molecule has 0 bridgehead atoms. The van der Waals surface area contributed by atoms with Crippen molar-refractivity contribution in [1.82, 2.24) is 10.3 Å². The van der Waals surface area contributed by atoms with Gasteiger partial charge in [0.05, 0.1) is 12.6 Å². The molecular formula is C32H36ClN3O. The zero-order chi connectivity index (χ0) is 25.2. The van der Waals surface area contributed by atoms with Gasteiger partial charge < -0.3 is 19.9 Å². The van der Waals surface area contributed by atoms with Gasteiger partial charge in [-0.2, -0.15) is 0 Å². The van der Waals surface area contributed by atoms with Crippen LogP contribution in [0.3, 0.4) is 0 Å². The molecule has 2 N–H and O–H groups in total. The molecule has 0 spiro atoms. The summed E-state index contributed by atoms with van der Waals surface area (Å²) >= 11 is 6.38. The molecule has 0 radical (unpaired) electrons. The van der Waals surface area contributed by atoms with Gasteiger partial charge >= 0.3 is 0 Å². The highest BCUT2D eigenvalue weighted by Gasteiger charge is 2.32. The molecule has 1 aromatic heterocycles. The molecule has 1 aliphatic heterocycles. The number of aromatic nitrogens is 1. The second kappa shape index (κ2) is 10.8. The fourth-order valence-corrected chi connectivity index (χ4v) is 6.24. The Hall–Kier alpha value is -2.95. The summed E-state index contributed by atoms with van der Waals surface area (Å²) in [5, 5.41) is 5.69. The summed E-state index contributed by atoms with van der Waals surface area (Å²) in [6, 6.07) is 24.6. The normalized spacial score (nSPS) is 17.9. The molecule has 1 atom stereocenters. The lowest BCUT2D eigenvalue weighted by Gasteiger charge is -2.38. The molecule has 1 saturated carbocycles. The number of benzene rings is 3. The predicted molar refractivity (Wildman–Crippen MR) is 154 cm³/mol. The van der Waals surface area contributed by atoms with Gasteiger partial charge in [0.25, 0.3) is 0 Å². The van der Waals surface area contributed by atoms with Crippen molar-refractivity contribution in [2.75, 3.05) is 24.6 Å². The molecular weight excluding hydrogens is 478 g/mol. The van der Waals surface area contributed by atoms with E-state index in [0.29, 0.717) is 0 Å². The van der Waals surface area contributed by atoms with Gasteiger partial charge in [0.1, 0.15) is 5.75 Å². The Morgan fingerprint density at radius 2 is 1.78 bits per heavy atom. The van der Waals surface area contributed by atoms with Crippen molar-refractivity contribution in [3.8, 4) is 5.75 Å². The lowest BCUT2D eigenvalue weighted by Crippen LogP contribution is -2.36. The van der Waals surface area contributed by atoms with E-state index in [-0.39, 0.29) is 6.04 Å². The number of nitrogens with one attached hydrogen (secondary N) is 2. The van der Waals surface area contributed by atoms with Crippen molar-refractivity contribution in [3.63, 3.8) is 0 Å². The minimum atomic E-state index is 0.0993. The van der Waals surface area contributed by atoms with E-state index >= 15 is 0 Å². The Labute approximate surface area is 225 Å². The maximum atomic E-state index is 6.38. The summed E-state index contributed by atoms with van der Waals surface area (Å²) in [4.78, 5) is 6.27. The summed E-state index contributed by atoms with van der Waals surface area (Å²) < 4.78 is 6.09. The summed E-state index contributed by atoms with van der Waals surface area (Å²) in [5.74, 6) is 0.936. The van der Waals surface area contributed by atoms with Crippen LogP contribution in [0.1, 0.15) is 60.5 Å². The van der Waals surface area contributed by atoms with Gasteiger partial charge in [0.15, 0.2) is 0 Å². The lowest BCUT2D eigenvalue weighted by atomic mass is 9.91. The monoisotopic (exact) mass is 513 g/mol. The Kier molecular flexibility index (Phi) is 7.12. The van der Waals surface area contributed by atoms with Gasteiger partial charge in [0.2, 0.25) is 0 Å². The van der Waals surface area contributed by atoms with Crippen molar-refractivity contribution in [2.45, 2.75) is 57.5 Å². The number of aromatic amines is 1. The largest absolute Gasteiger partial charge is 0.494 e. The van der Waals surface area contributed by atoms with Crippen LogP contribution in [-0.4, -0.2) is 30.7 Å². The molecule has 4 aromatic rings. The Bertz CT molecular complexity index is 1340. The number of hydrogen-bond acceptors (Lipinski definition) is 3. The summed E-state index contributed by atoms with van der Waals surface area (Å²) in [6.45, 7) is 4.86. The van der Waals surface area contributed by atoms with E-state index in [9.17, 15) is 0 Å². The van der Waals surface area contributed by atoms with Gasteiger partial charge in [-0.1, -0.05) is 54.3 Å². The standard InChI is InChI=1S/C32H36ClN3O/c1-22-7-12-26(13-8-22)36-19-17-28-29-21-24(33)11-16-30(29)35-31(28)32(36)23-9-14-27(15-10-23)37-20-4-18-34-25-5-2-3-6-25/h7-16,21,25,32,34-35H,2-6,17-20H2,1H3. The van der Waals surface area contributed by atoms with Crippen LogP contribution in [-0.2, 0) is 6.42 Å². The van der Waals surface area contributed by atoms with Gasteiger partial charge in [-0.15, -0.1) is 0 Å². The van der Waals surface area contributed by atoms with Crippen LogP contribution in [0, 0.1) is 6.92 Å². The molecule has 1 aliphatic carbocycles. The molecule has 2 aliphatic rings. The lowest BCUT2D eigenvalue weighted by molar-refractivity contribution is 0.304. The molecule has 1 fully saturated rings. The van der Waals surface area contributed by atoms with Gasteiger partial charge in [0, 0.05) is 39.9 Å². The fraction of sp³-hybridized carbons (Fsp3) is 0.375. The number of rotatable bonds is 8. The zero-order valence-electron chi connectivity index (χ0n) is 21.6. The van der Waals surface area contributed by atoms with Gasteiger partial charge in [-0.3, -0.25) is 0 Å². The molecule has 37 heavy (non-hydrogen) atoms. The molecule has 4 nitrogen and oxygen atoms in total. The van der Waals surface area contributed by atoms with Crippen molar-refractivity contribution < 1.29 is 4.74 Å². The highest BCUT2D eigenvalue weighted by atomic mass is 35.5. The van der Waals surface area contributed by atoms with E-state index in [1.165, 1.54) is 59.1 Å². The SMILES string of the molecule is Cc1ccc(N2CCc3c([nH]c4ccc(Cl)cc34)C2c2ccc(OCCCNC3CCCC3)cc2)cc1. The van der Waals surface area contributed by atoms with Crippen LogP contribution in [0.15, 0.2) is 66.7 Å². The first kappa shape index (κ1) is 24.4. The number of aryl methyl sites for hydroxylation is 1. The molecule has 0 saturated heterocycles. The second-order valence-electron chi connectivity index (χ2n) is 10.6. The number of nitrogens with zero attached hydrogens (tertiary/aromatic N) is 1. The Balaban J connectivity index is 1.23. The van der Waals surface area contributed by atoms with E-state index in [1.54, 1.807) is 0 Å². The van der Waals surface area contributed by atoms with Crippen LogP contribution in [0.4, 0.5) is 5.69 Å². The molecule has 0 amide bonds. The maximum absolute atomic E-state index is 6.38. The smallest absolute Gasteiger partial charge is 0.119 e. The zero-order valence-corrected chi connectivity index (χ0v) is 22.4. The third-order valence-electron chi connectivity index (χ3n) is 8.03. The van der Waals surface area contributed by atoms with E-state index in [0.717, 1.165) is 54.9 Å². The summed E-state index contributed by atoms with van der Waals surface area (Å²) in [7, 11) is 0. The van der Waals surface area contributed by atoms with E-state index in [2.05, 4.69) is 82.8 Å². The van der Waals surface area contributed by atoms with Crippen LogP contribution < -0.4 is 15.0 Å². The van der Waals surface area contributed by atoms with Gasteiger partial charge in [-0.05, 0) is 92.7 Å². The highest BCUT2D eigenvalue weighted by molar-refractivity contribution is 6.31. The minimum Gasteiger partial charge on any atom is -0.494 e. The Morgan fingerprint density at radius 3 is 2.57 bits per heavy atom. The first-order valence-electron chi connectivity index (χ1n) is 13.8. The van der Waals surface area contributed by atoms with Crippen LogP contribution in [0.5, 0.6) is 5.75 Å². The van der Waals surface area contributed by atoms with Crippen LogP contribution >= 0.6 is 11.6 Å². The number of H-pyrrole nitrogens is 1. The van der Waals surface area contributed by atoms with Crippen molar-refractivity contribution in [2.24, 2.45) is 0 Å². The molecule has 2 heterocycles. The van der Waals surface area contributed by atoms with Crippen LogP contribution in [0.25, 0.3) is 10.9 Å². The van der Waals surface area contributed by atoms with Gasteiger partial charge in [-0.25, -0.2) is 0 Å². The average Bonchev–Trinajstić information content (AvgIpc) is 3.57. The predicted octanol–water partition coefficient (Wildman–Crippen LogP) is 7.58. The molecule has 5 heteroatoms. The van der Waals surface area contributed by atoms with E-state index < -0.39 is 0 Å². The molecule has 1 unspecified atom stereocenters. The first-order valence-corrected chi connectivity index (χ1v) is 14.1. The Morgan fingerprint density at radius 1 is 1.00 bits per heavy atom. The number of anilines is 1. The third-order valence-corrected chi connectivity index (χ3v) is 8.26. The number of hydrogen-bond donors (Lipinski definition) is 2. The quantitative estimate of drug-likeness (QED) is 0.238. The van der Waals surface area contributed by atoms with Crippen molar-refractivity contribution >= 4 is 28.2 Å². The number of halogens is 1. The first-order chi connectivity index (χ1) is 18.2. The highest BCUT2D eigenvalue weighted by Crippen LogP contribution is 2.41. The van der Waals surface area contributed by atoms with E-state index in [4.69, 9.17) is 16.3 Å². The maximum Gasteiger partial charge on any atom is 0.119 e. The van der Waals surface area contributed by atoms with Crippen molar-refractivity contribution in [3.05, 3.63) is 94.1 Å².